The molecule has 0 radical (unpaired) electrons. The third kappa shape index (κ3) is 4.19. The average Bonchev–Trinajstić information content (AvgIpc) is 2.98. The summed E-state index contributed by atoms with van der Waals surface area (Å²) < 4.78 is 0. The molecule has 2 aromatic rings. The van der Waals surface area contributed by atoms with Crippen LogP contribution in [0.5, 0.6) is 0 Å². The van der Waals surface area contributed by atoms with Gasteiger partial charge in [-0.05, 0) is 30.0 Å². The Kier molecular flexibility index (Phi) is 4.64. The van der Waals surface area contributed by atoms with Crippen molar-refractivity contribution in [3.8, 4) is 0 Å². The highest BCUT2D eigenvalue weighted by molar-refractivity contribution is 7.12. The number of carbonyl (C=O) groups is 1. The normalized spacial score (nSPS) is 11.7. The summed E-state index contributed by atoms with van der Waals surface area (Å²) in [6.45, 7) is 1.84. The van der Waals surface area contributed by atoms with Crippen molar-refractivity contribution in [3.05, 3.63) is 64.4 Å². The van der Waals surface area contributed by atoms with Crippen molar-refractivity contribution in [3.63, 3.8) is 0 Å². The number of nitrogens with one attached hydrogen (secondary N) is 1. The maximum Gasteiger partial charge on any atom is 0.281 e. The molecule has 0 aliphatic carbocycles. The molecule has 2 rings (SSSR count). The summed E-state index contributed by atoms with van der Waals surface area (Å²) in [4.78, 5) is 12.3. The monoisotopic (exact) mass is 270 g/mol. The SMILES string of the molecule is CC(/C=C/c1ccccc1)=N\NC(=O)c1cccs1. The van der Waals surface area contributed by atoms with Crippen molar-refractivity contribution in [2.24, 2.45) is 5.10 Å². The minimum Gasteiger partial charge on any atom is -0.266 e. The van der Waals surface area contributed by atoms with Crippen molar-refractivity contribution in [1.82, 2.24) is 5.43 Å². The van der Waals surface area contributed by atoms with Crippen LogP contribution in [-0.4, -0.2) is 11.6 Å². The summed E-state index contributed by atoms with van der Waals surface area (Å²) in [5.41, 5.74) is 4.37. The molecule has 3 nitrogen and oxygen atoms in total. The van der Waals surface area contributed by atoms with E-state index in [2.05, 4.69) is 10.5 Å². The molecule has 0 aliphatic rings. The molecule has 96 valence electrons. The minimum absolute atomic E-state index is 0.178. The molecule has 0 saturated carbocycles. The number of rotatable bonds is 4. The van der Waals surface area contributed by atoms with E-state index in [-0.39, 0.29) is 5.91 Å². The molecule has 0 fully saturated rings. The maximum atomic E-state index is 11.7. The Morgan fingerprint density at radius 1 is 1.21 bits per heavy atom. The van der Waals surface area contributed by atoms with Gasteiger partial charge >= 0.3 is 0 Å². The zero-order chi connectivity index (χ0) is 13.5. The molecule has 0 spiro atoms. The number of nitrogens with zero attached hydrogens (tertiary/aromatic N) is 1. The summed E-state index contributed by atoms with van der Waals surface area (Å²) in [7, 11) is 0. The van der Waals surface area contributed by atoms with Gasteiger partial charge in [-0.25, -0.2) is 5.43 Å². The average molecular weight is 270 g/mol. The molecule has 0 bridgehead atoms. The van der Waals surface area contributed by atoms with E-state index in [1.165, 1.54) is 11.3 Å². The molecule has 0 aliphatic heterocycles. The summed E-state index contributed by atoms with van der Waals surface area (Å²) in [6.07, 6.45) is 3.82. The molecule has 1 amide bonds. The topological polar surface area (TPSA) is 41.5 Å². The van der Waals surface area contributed by atoms with Crippen molar-refractivity contribution >= 4 is 29.0 Å². The fraction of sp³-hybridized carbons (Fsp3) is 0.0667. The Hall–Kier alpha value is -2.20. The predicted octanol–water partition coefficient (Wildman–Crippen LogP) is 3.57. The molecule has 1 heterocycles. The van der Waals surface area contributed by atoms with Crippen LogP contribution in [0.3, 0.4) is 0 Å². The van der Waals surface area contributed by atoms with E-state index in [1.54, 1.807) is 6.07 Å². The van der Waals surface area contributed by atoms with E-state index >= 15 is 0 Å². The number of hydrogen-bond acceptors (Lipinski definition) is 3. The number of hydrogen-bond donors (Lipinski definition) is 1. The summed E-state index contributed by atoms with van der Waals surface area (Å²) >= 11 is 1.39. The fourth-order valence-corrected chi connectivity index (χ4v) is 2.03. The van der Waals surface area contributed by atoms with E-state index in [9.17, 15) is 4.79 Å². The highest BCUT2D eigenvalue weighted by atomic mass is 32.1. The largest absolute Gasteiger partial charge is 0.281 e. The standard InChI is InChI=1S/C15H14N2OS/c1-12(9-10-13-6-3-2-4-7-13)16-17-15(18)14-8-5-11-19-14/h2-11H,1H3,(H,17,18)/b10-9+,16-12+. The molecule has 1 aromatic heterocycles. The number of benzene rings is 1. The number of thiophene rings is 1. The lowest BCUT2D eigenvalue weighted by atomic mass is 10.2. The van der Waals surface area contributed by atoms with Crippen molar-refractivity contribution in [2.45, 2.75) is 6.92 Å². The highest BCUT2D eigenvalue weighted by Gasteiger charge is 2.03. The van der Waals surface area contributed by atoms with Gasteiger partial charge < -0.3 is 0 Å². The lowest BCUT2D eigenvalue weighted by Crippen LogP contribution is -2.17. The van der Waals surface area contributed by atoms with Gasteiger partial charge in [-0.2, -0.15) is 5.10 Å². The second-order valence-electron chi connectivity index (χ2n) is 3.92. The third-order valence-corrected chi connectivity index (χ3v) is 3.26. The second kappa shape index (κ2) is 6.66. The Balaban J connectivity index is 1.93. The Labute approximate surface area is 116 Å². The van der Waals surface area contributed by atoms with Crippen LogP contribution in [0.1, 0.15) is 22.2 Å². The molecular weight excluding hydrogens is 256 g/mol. The quantitative estimate of drug-likeness (QED) is 0.669. The van der Waals surface area contributed by atoms with Gasteiger partial charge in [0.05, 0.1) is 10.6 Å². The second-order valence-corrected chi connectivity index (χ2v) is 4.86. The zero-order valence-electron chi connectivity index (χ0n) is 10.5. The van der Waals surface area contributed by atoms with Crippen LogP contribution in [0.25, 0.3) is 6.08 Å². The van der Waals surface area contributed by atoms with E-state index in [0.717, 1.165) is 11.3 Å². The van der Waals surface area contributed by atoms with Gasteiger partial charge in [0.15, 0.2) is 0 Å². The van der Waals surface area contributed by atoms with Crippen molar-refractivity contribution in [1.29, 1.82) is 0 Å². The van der Waals surface area contributed by atoms with Crippen LogP contribution in [-0.2, 0) is 0 Å². The van der Waals surface area contributed by atoms with Gasteiger partial charge in [0.25, 0.3) is 5.91 Å². The van der Waals surface area contributed by atoms with Crippen LogP contribution in [0, 0.1) is 0 Å². The first-order chi connectivity index (χ1) is 9.25. The van der Waals surface area contributed by atoms with Gasteiger partial charge in [-0.1, -0.05) is 42.5 Å². The number of hydrazone groups is 1. The summed E-state index contributed by atoms with van der Waals surface area (Å²) in [5, 5.41) is 5.89. The van der Waals surface area contributed by atoms with Gasteiger partial charge in [0.2, 0.25) is 0 Å². The van der Waals surface area contributed by atoms with Crippen LogP contribution in [0.2, 0.25) is 0 Å². The van der Waals surface area contributed by atoms with Gasteiger partial charge in [-0.15, -0.1) is 11.3 Å². The molecule has 19 heavy (non-hydrogen) atoms. The van der Waals surface area contributed by atoms with Gasteiger partial charge in [0, 0.05) is 0 Å². The molecule has 1 N–H and O–H groups in total. The molecule has 0 atom stereocenters. The lowest BCUT2D eigenvalue weighted by molar-refractivity contribution is 0.0959. The zero-order valence-corrected chi connectivity index (χ0v) is 11.4. The molecule has 0 unspecified atom stereocenters. The smallest absolute Gasteiger partial charge is 0.266 e. The van der Waals surface area contributed by atoms with Crippen LogP contribution in [0.4, 0.5) is 0 Å². The molecule has 1 aromatic carbocycles. The minimum atomic E-state index is -0.178. The Bertz CT molecular complexity index is 586. The number of amides is 1. The maximum absolute atomic E-state index is 11.7. The fourth-order valence-electron chi connectivity index (χ4n) is 1.42. The first kappa shape index (κ1) is 13.2. The van der Waals surface area contributed by atoms with E-state index in [0.29, 0.717) is 4.88 Å². The van der Waals surface area contributed by atoms with Crippen LogP contribution in [0.15, 0.2) is 59.0 Å². The Morgan fingerprint density at radius 3 is 2.68 bits per heavy atom. The summed E-state index contributed by atoms with van der Waals surface area (Å²) in [5.74, 6) is -0.178. The number of carbonyl (C=O) groups excluding carboxylic acids is 1. The summed E-state index contributed by atoms with van der Waals surface area (Å²) in [6, 6.07) is 13.5. The van der Waals surface area contributed by atoms with Crippen LogP contribution < -0.4 is 5.43 Å². The Morgan fingerprint density at radius 2 is 2.00 bits per heavy atom. The van der Waals surface area contributed by atoms with Crippen molar-refractivity contribution < 1.29 is 4.79 Å². The van der Waals surface area contributed by atoms with E-state index < -0.39 is 0 Å². The third-order valence-electron chi connectivity index (χ3n) is 2.40. The van der Waals surface area contributed by atoms with Gasteiger partial charge in [0.1, 0.15) is 0 Å². The lowest BCUT2D eigenvalue weighted by Gasteiger charge is -1.97. The first-order valence-corrected chi connectivity index (χ1v) is 6.75. The highest BCUT2D eigenvalue weighted by Crippen LogP contribution is 2.07. The van der Waals surface area contributed by atoms with E-state index in [1.807, 2.05) is 60.9 Å². The first-order valence-electron chi connectivity index (χ1n) is 5.87. The molecular formula is C15H14N2OS. The predicted molar refractivity (Wildman–Crippen MR) is 80.4 cm³/mol. The van der Waals surface area contributed by atoms with Crippen molar-refractivity contribution in [2.75, 3.05) is 0 Å². The molecule has 0 saturated heterocycles. The number of allylic oxidation sites excluding steroid dienone is 1. The van der Waals surface area contributed by atoms with Gasteiger partial charge in [-0.3, -0.25) is 4.79 Å². The van der Waals surface area contributed by atoms with E-state index in [4.69, 9.17) is 0 Å². The van der Waals surface area contributed by atoms with Crippen LogP contribution >= 0.6 is 11.3 Å². The molecule has 4 heteroatoms.